The molecule has 1 aliphatic heterocycles. The smallest absolute Gasteiger partial charge is 0.148 e. The maximum absolute atomic E-state index is 11.3. The van der Waals surface area contributed by atoms with Gasteiger partial charge in [0.15, 0.2) is 0 Å². The van der Waals surface area contributed by atoms with Crippen LogP contribution in [0.15, 0.2) is 29.8 Å². The second-order valence-electron chi connectivity index (χ2n) is 4.75. The number of rotatable bonds is 2. The Labute approximate surface area is 107 Å². The zero-order chi connectivity index (χ0) is 12.4. The molecule has 94 valence electrons. The van der Waals surface area contributed by atoms with E-state index in [0.29, 0.717) is 0 Å². The van der Waals surface area contributed by atoms with Crippen molar-refractivity contribution >= 4 is 12.0 Å². The summed E-state index contributed by atoms with van der Waals surface area (Å²) in [4.78, 5) is 13.6. The molecule has 3 rings (SSSR count). The molecule has 0 unspecified atom stereocenters. The van der Waals surface area contributed by atoms with Crippen LogP contribution in [-0.2, 0) is 16.0 Å². The Bertz CT molecular complexity index is 487. The SMILES string of the molecule is O=CC1=C(N2CCOCC2)c2ccccc2CC1. The van der Waals surface area contributed by atoms with Gasteiger partial charge in [0, 0.05) is 24.2 Å². The molecular weight excluding hydrogens is 226 g/mol. The van der Waals surface area contributed by atoms with Gasteiger partial charge in [0.1, 0.15) is 6.29 Å². The molecule has 0 atom stereocenters. The number of hydrogen-bond donors (Lipinski definition) is 0. The maximum atomic E-state index is 11.3. The van der Waals surface area contributed by atoms with Crippen LogP contribution in [0.4, 0.5) is 0 Å². The number of fused-ring (bicyclic) bond motifs is 1. The monoisotopic (exact) mass is 243 g/mol. The van der Waals surface area contributed by atoms with Gasteiger partial charge < -0.3 is 9.64 Å². The number of allylic oxidation sites excluding steroid dienone is 1. The van der Waals surface area contributed by atoms with Gasteiger partial charge in [0.2, 0.25) is 0 Å². The number of benzene rings is 1. The fourth-order valence-corrected chi connectivity index (χ4v) is 2.81. The van der Waals surface area contributed by atoms with Gasteiger partial charge in [-0.3, -0.25) is 4.79 Å². The lowest BCUT2D eigenvalue weighted by molar-refractivity contribution is -0.105. The van der Waals surface area contributed by atoms with Crippen molar-refractivity contribution in [3.8, 4) is 0 Å². The third-order valence-electron chi connectivity index (χ3n) is 3.71. The van der Waals surface area contributed by atoms with Crippen molar-refractivity contribution in [2.75, 3.05) is 26.3 Å². The maximum Gasteiger partial charge on any atom is 0.148 e. The van der Waals surface area contributed by atoms with Gasteiger partial charge >= 0.3 is 0 Å². The van der Waals surface area contributed by atoms with Gasteiger partial charge in [-0.2, -0.15) is 0 Å². The Morgan fingerprint density at radius 2 is 1.89 bits per heavy atom. The number of morpholine rings is 1. The largest absolute Gasteiger partial charge is 0.378 e. The van der Waals surface area contributed by atoms with E-state index in [9.17, 15) is 4.79 Å². The summed E-state index contributed by atoms with van der Waals surface area (Å²) >= 11 is 0. The van der Waals surface area contributed by atoms with E-state index in [4.69, 9.17) is 4.74 Å². The normalized spacial score (nSPS) is 19.7. The number of aldehydes is 1. The predicted molar refractivity (Wildman–Crippen MR) is 70.1 cm³/mol. The van der Waals surface area contributed by atoms with Crippen molar-refractivity contribution in [2.45, 2.75) is 12.8 Å². The molecule has 18 heavy (non-hydrogen) atoms. The van der Waals surface area contributed by atoms with Crippen LogP contribution in [-0.4, -0.2) is 37.5 Å². The fourth-order valence-electron chi connectivity index (χ4n) is 2.81. The predicted octanol–water partition coefficient (Wildman–Crippen LogP) is 1.87. The lowest BCUT2D eigenvalue weighted by Gasteiger charge is -2.35. The van der Waals surface area contributed by atoms with E-state index in [1.54, 1.807) is 0 Å². The number of nitrogens with zero attached hydrogens (tertiary/aromatic N) is 1. The van der Waals surface area contributed by atoms with Crippen LogP contribution >= 0.6 is 0 Å². The quantitative estimate of drug-likeness (QED) is 0.743. The second-order valence-corrected chi connectivity index (χ2v) is 4.75. The number of carbonyl (C=O) groups excluding carboxylic acids is 1. The molecule has 2 aliphatic rings. The molecule has 0 radical (unpaired) electrons. The molecular formula is C15H17NO2. The Hall–Kier alpha value is -1.61. The third kappa shape index (κ3) is 1.95. The van der Waals surface area contributed by atoms with Crippen LogP contribution in [0.3, 0.4) is 0 Å². The summed E-state index contributed by atoms with van der Waals surface area (Å²) in [6.45, 7) is 3.25. The molecule has 0 amide bonds. The molecule has 1 saturated heterocycles. The number of carbonyl (C=O) groups is 1. The molecule has 0 spiro atoms. The minimum absolute atomic E-state index is 0.748. The molecule has 0 saturated carbocycles. The van der Waals surface area contributed by atoms with E-state index in [1.807, 2.05) is 6.07 Å². The van der Waals surface area contributed by atoms with Crippen LogP contribution in [0.1, 0.15) is 17.5 Å². The highest BCUT2D eigenvalue weighted by Gasteiger charge is 2.24. The molecule has 1 aromatic carbocycles. The zero-order valence-corrected chi connectivity index (χ0v) is 10.4. The molecule has 1 aliphatic carbocycles. The summed E-state index contributed by atoms with van der Waals surface area (Å²) in [6, 6.07) is 8.41. The van der Waals surface area contributed by atoms with Gasteiger partial charge in [-0.1, -0.05) is 24.3 Å². The van der Waals surface area contributed by atoms with E-state index >= 15 is 0 Å². The van der Waals surface area contributed by atoms with Gasteiger partial charge in [-0.15, -0.1) is 0 Å². The Morgan fingerprint density at radius 3 is 2.67 bits per heavy atom. The first kappa shape index (κ1) is 11.5. The summed E-state index contributed by atoms with van der Waals surface area (Å²) in [5.41, 5.74) is 4.66. The lowest BCUT2D eigenvalue weighted by atomic mass is 9.89. The third-order valence-corrected chi connectivity index (χ3v) is 3.71. The van der Waals surface area contributed by atoms with E-state index < -0.39 is 0 Å². The van der Waals surface area contributed by atoms with Gasteiger partial charge in [-0.05, 0) is 18.4 Å². The van der Waals surface area contributed by atoms with Crippen LogP contribution in [0.25, 0.3) is 5.70 Å². The summed E-state index contributed by atoms with van der Waals surface area (Å²) in [5.74, 6) is 0. The van der Waals surface area contributed by atoms with Crippen LogP contribution in [0, 0.1) is 0 Å². The molecule has 1 fully saturated rings. The summed E-state index contributed by atoms with van der Waals surface area (Å²) in [7, 11) is 0. The summed E-state index contributed by atoms with van der Waals surface area (Å²) in [6.07, 6.45) is 2.85. The molecule has 0 N–H and O–H groups in total. The van der Waals surface area contributed by atoms with E-state index in [0.717, 1.165) is 56.7 Å². The zero-order valence-electron chi connectivity index (χ0n) is 10.4. The van der Waals surface area contributed by atoms with Crippen molar-refractivity contribution in [3.05, 3.63) is 41.0 Å². The van der Waals surface area contributed by atoms with E-state index in [1.165, 1.54) is 11.1 Å². The standard InChI is InChI=1S/C15H17NO2/c17-11-13-6-5-12-3-1-2-4-14(12)15(13)16-7-9-18-10-8-16/h1-4,11H,5-10H2. The van der Waals surface area contributed by atoms with Crippen molar-refractivity contribution in [1.82, 2.24) is 4.90 Å². The van der Waals surface area contributed by atoms with Crippen LogP contribution in [0.5, 0.6) is 0 Å². The number of hydrogen-bond acceptors (Lipinski definition) is 3. The molecule has 0 aromatic heterocycles. The van der Waals surface area contributed by atoms with E-state index in [-0.39, 0.29) is 0 Å². The topological polar surface area (TPSA) is 29.5 Å². The molecule has 3 heteroatoms. The average Bonchev–Trinajstić information content (AvgIpc) is 2.47. The molecule has 1 aromatic rings. The first-order chi connectivity index (χ1) is 8.90. The van der Waals surface area contributed by atoms with Gasteiger partial charge in [-0.25, -0.2) is 0 Å². The van der Waals surface area contributed by atoms with Crippen molar-refractivity contribution < 1.29 is 9.53 Å². The summed E-state index contributed by atoms with van der Waals surface area (Å²) in [5, 5.41) is 0. The highest BCUT2D eigenvalue weighted by atomic mass is 16.5. The Kier molecular flexibility index (Phi) is 3.15. The molecule has 1 heterocycles. The minimum Gasteiger partial charge on any atom is -0.378 e. The van der Waals surface area contributed by atoms with E-state index in [2.05, 4.69) is 23.1 Å². The first-order valence-corrected chi connectivity index (χ1v) is 6.49. The number of ether oxygens (including phenoxy) is 1. The Morgan fingerprint density at radius 1 is 1.11 bits per heavy atom. The van der Waals surface area contributed by atoms with Crippen molar-refractivity contribution in [3.63, 3.8) is 0 Å². The van der Waals surface area contributed by atoms with Gasteiger partial charge in [0.05, 0.1) is 18.9 Å². The van der Waals surface area contributed by atoms with Crippen LogP contribution < -0.4 is 0 Å². The van der Waals surface area contributed by atoms with Gasteiger partial charge in [0.25, 0.3) is 0 Å². The van der Waals surface area contributed by atoms with Crippen LogP contribution in [0.2, 0.25) is 0 Å². The summed E-state index contributed by atoms with van der Waals surface area (Å²) < 4.78 is 5.39. The molecule has 3 nitrogen and oxygen atoms in total. The van der Waals surface area contributed by atoms with Crippen molar-refractivity contribution in [2.24, 2.45) is 0 Å². The second kappa shape index (κ2) is 4.94. The van der Waals surface area contributed by atoms with Crippen molar-refractivity contribution in [1.29, 1.82) is 0 Å². The fraction of sp³-hybridized carbons (Fsp3) is 0.400. The number of aryl methyl sites for hydroxylation is 1. The highest BCUT2D eigenvalue weighted by Crippen LogP contribution is 2.33. The highest BCUT2D eigenvalue weighted by molar-refractivity contribution is 5.89. The minimum atomic E-state index is 0.748. The average molecular weight is 243 g/mol. The lowest BCUT2D eigenvalue weighted by Crippen LogP contribution is -2.36. The Balaban J connectivity index is 2.05. The molecule has 0 bridgehead atoms. The first-order valence-electron chi connectivity index (χ1n) is 6.49.